The zero-order chi connectivity index (χ0) is 14.6. The number of hydrogen-bond acceptors (Lipinski definition) is 2. The Hall–Kier alpha value is -1.32. The van der Waals surface area contributed by atoms with Gasteiger partial charge in [0.2, 0.25) is 0 Å². The standard InChI is InChI=1S/C17H21NSSi/c1-14-9-5-6-10-15(14)13-18-16-11-7-8-12-17(16)19-20(2,3)4/h5-13H,1-4H3. The Morgan fingerprint density at radius 3 is 2.30 bits per heavy atom. The molecule has 20 heavy (non-hydrogen) atoms. The van der Waals surface area contributed by atoms with Crippen molar-refractivity contribution in [3.63, 3.8) is 0 Å². The normalized spacial score (nSPS) is 12.0. The van der Waals surface area contributed by atoms with Gasteiger partial charge in [0.15, 0.2) is 0 Å². The summed E-state index contributed by atoms with van der Waals surface area (Å²) in [6.45, 7) is 9.20. The summed E-state index contributed by atoms with van der Waals surface area (Å²) in [6, 6.07) is 16.7. The topological polar surface area (TPSA) is 12.4 Å². The van der Waals surface area contributed by atoms with Crippen molar-refractivity contribution >= 4 is 30.3 Å². The Balaban J connectivity index is 2.28. The van der Waals surface area contributed by atoms with Crippen molar-refractivity contribution in [2.24, 2.45) is 4.99 Å². The molecule has 0 saturated heterocycles. The van der Waals surface area contributed by atoms with Crippen molar-refractivity contribution < 1.29 is 0 Å². The van der Waals surface area contributed by atoms with E-state index >= 15 is 0 Å². The van der Waals surface area contributed by atoms with Crippen LogP contribution in [0, 0.1) is 6.92 Å². The molecule has 0 radical (unpaired) electrons. The lowest BCUT2D eigenvalue weighted by atomic mass is 10.1. The van der Waals surface area contributed by atoms with Gasteiger partial charge in [-0.2, -0.15) is 0 Å². The first-order valence-corrected chi connectivity index (χ1v) is 11.9. The summed E-state index contributed by atoms with van der Waals surface area (Å²) in [6.07, 6.45) is 1.97. The Morgan fingerprint density at radius 2 is 1.60 bits per heavy atom. The lowest BCUT2D eigenvalue weighted by Gasteiger charge is -2.16. The molecule has 0 bridgehead atoms. The van der Waals surface area contributed by atoms with E-state index in [0.29, 0.717) is 0 Å². The predicted octanol–water partition coefficient (Wildman–Crippen LogP) is 5.67. The number of para-hydroxylation sites is 1. The fraction of sp³-hybridized carbons (Fsp3) is 0.235. The molecule has 2 rings (SSSR count). The quantitative estimate of drug-likeness (QED) is 0.523. The Bertz CT molecular complexity index is 614. The van der Waals surface area contributed by atoms with E-state index in [-0.39, 0.29) is 0 Å². The van der Waals surface area contributed by atoms with Crippen LogP contribution in [0.3, 0.4) is 0 Å². The molecule has 0 N–H and O–H groups in total. The van der Waals surface area contributed by atoms with Gasteiger partial charge in [-0.25, -0.2) is 0 Å². The second-order valence-corrected chi connectivity index (χ2v) is 15.0. The summed E-state index contributed by atoms with van der Waals surface area (Å²) < 4.78 is 0. The minimum atomic E-state index is -1.21. The van der Waals surface area contributed by atoms with Crippen LogP contribution in [0.1, 0.15) is 11.1 Å². The number of rotatable bonds is 4. The van der Waals surface area contributed by atoms with Gasteiger partial charge in [0.25, 0.3) is 0 Å². The van der Waals surface area contributed by atoms with Crippen LogP contribution in [0.15, 0.2) is 58.4 Å². The van der Waals surface area contributed by atoms with Crippen LogP contribution < -0.4 is 0 Å². The van der Waals surface area contributed by atoms with Gasteiger partial charge in [-0.1, -0.05) is 56.0 Å². The number of aliphatic imine (C=N–C) groups is 1. The highest BCUT2D eigenvalue weighted by molar-refractivity contribution is 8.28. The van der Waals surface area contributed by atoms with Gasteiger partial charge >= 0.3 is 0 Å². The number of nitrogens with zero attached hydrogens (tertiary/aromatic N) is 1. The highest BCUT2D eigenvalue weighted by Gasteiger charge is 2.16. The van der Waals surface area contributed by atoms with E-state index in [1.807, 2.05) is 17.4 Å². The first kappa shape index (κ1) is 15.1. The van der Waals surface area contributed by atoms with Crippen LogP contribution in [-0.2, 0) is 0 Å². The third-order valence-electron chi connectivity index (χ3n) is 2.81. The van der Waals surface area contributed by atoms with E-state index in [4.69, 9.17) is 4.99 Å². The molecule has 0 aliphatic carbocycles. The van der Waals surface area contributed by atoms with E-state index < -0.39 is 7.22 Å². The Labute approximate surface area is 126 Å². The summed E-state index contributed by atoms with van der Waals surface area (Å²) in [5.41, 5.74) is 3.51. The van der Waals surface area contributed by atoms with E-state index in [0.717, 1.165) is 5.69 Å². The van der Waals surface area contributed by atoms with Crippen molar-refractivity contribution in [1.82, 2.24) is 0 Å². The van der Waals surface area contributed by atoms with E-state index in [1.165, 1.54) is 16.0 Å². The molecule has 0 aliphatic heterocycles. The number of hydrogen-bond donors (Lipinski definition) is 0. The second kappa shape index (κ2) is 6.42. The third-order valence-corrected chi connectivity index (χ3v) is 6.49. The predicted molar refractivity (Wildman–Crippen MR) is 94.1 cm³/mol. The molecule has 0 fully saturated rings. The van der Waals surface area contributed by atoms with Gasteiger partial charge in [-0.05, 0) is 30.2 Å². The van der Waals surface area contributed by atoms with E-state index in [1.54, 1.807) is 0 Å². The molecule has 0 heterocycles. The average molecular weight is 300 g/mol. The van der Waals surface area contributed by atoms with Crippen molar-refractivity contribution in [1.29, 1.82) is 0 Å². The zero-order valence-electron chi connectivity index (χ0n) is 12.6. The highest BCUT2D eigenvalue weighted by Crippen LogP contribution is 2.35. The van der Waals surface area contributed by atoms with Crippen LogP contribution in [0.25, 0.3) is 0 Å². The molecule has 0 saturated carbocycles. The molecule has 0 spiro atoms. The molecule has 0 amide bonds. The van der Waals surface area contributed by atoms with Gasteiger partial charge in [-0.3, -0.25) is 4.99 Å². The fourth-order valence-corrected chi connectivity index (χ4v) is 5.38. The Morgan fingerprint density at radius 1 is 0.950 bits per heavy atom. The minimum Gasteiger partial charge on any atom is -0.255 e. The maximum atomic E-state index is 4.70. The molecule has 2 aromatic carbocycles. The van der Waals surface area contributed by atoms with E-state index in [9.17, 15) is 0 Å². The van der Waals surface area contributed by atoms with E-state index in [2.05, 4.69) is 75.1 Å². The first-order chi connectivity index (χ1) is 9.46. The molecule has 2 aromatic rings. The molecular weight excluding hydrogens is 278 g/mol. The van der Waals surface area contributed by atoms with Crippen LogP contribution in [0.5, 0.6) is 0 Å². The summed E-state index contributed by atoms with van der Waals surface area (Å²) in [5.74, 6) is 0. The fourth-order valence-electron chi connectivity index (χ4n) is 1.85. The summed E-state index contributed by atoms with van der Waals surface area (Å²) in [7, 11) is -1.21. The van der Waals surface area contributed by atoms with Gasteiger partial charge in [0.05, 0.1) is 5.69 Å². The Kier molecular flexibility index (Phi) is 4.84. The van der Waals surface area contributed by atoms with Crippen molar-refractivity contribution in [2.45, 2.75) is 31.5 Å². The SMILES string of the molecule is Cc1ccccc1C=Nc1ccccc1S[Si](C)(C)C. The number of aryl methyl sites for hydroxylation is 1. The largest absolute Gasteiger partial charge is 0.255 e. The molecule has 104 valence electrons. The molecule has 0 atom stereocenters. The van der Waals surface area contributed by atoms with Gasteiger partial charge in [0, 0.05) is 11.1 Å². The number of benzene rings is 2. The van der Waals surface area contributed by atoms with Gasteiger partial charge in [-0.15, -0.1) is 11.2 Å². The zero-order valence-corrected chi connectivity index (χ0v) is 14.4. The maximum Gasteiger partial charge on any atom is 0.114 e. The van der Waals surface area contributed by atoms with Crippen LogP contribution in [-0.4, -0.2) is 13.4 Å². The van der Waals surface area contributed by atoms with Crippen LogP contribution >= 0.6 is 11.2 Å². The lowest BCUT2D eigenvalue weighted by molar-refractivity contribution is 1.38. The average Bonchev–Trinajstić information content (AvgIpc) is 2.37. The van der Waals surface area contributed by atoms with Gasteiger partial charge in [0.1, 0.15) is 7.22 Å². The third kappa shape index (κ3) is 4.36. The second-order valence-electron chi connectivity index (χ2n) is 5.80. The van der Waals surface area contributed by atoms with Crippen molar-refractivity contribution in [2.75, 3.05) is 0 Å². The monoisotopic (exact) mass is 299 g/mol. The summed E-state index contributed by atoms with van der Waals surface area (Å²) in [4.78, 5) is 5.99. The molecule has 0 unspecified atom stereocenters. The smallest absolute Gasteiger partial charge is 0.114 e. The van der Waals surface area contributed by atoms with Crippen molar-refractivity contribution in [3.05, 3.63) is 59.7 Å². The maximum absolute atomic E-state index is 4.70. The van der Waals surface area contributed by atoms with Crippen LogP contribution in [0.4, 0.5) is 5.69 Å². The highest BCUT2D eigenvalue weighted by atomic mass is 32.4. The molecular formula is C17H21NSSi. The van der Waals surface area contributed by atoms with Crippen LogP contribution in [0.2, 0.25) is 19.6 Å². The molecule has 1 nitrogen and oxygen atoms in total. The van der Waals surface area contributed by atoms with Gasteiger partial charge < -0.3 is 0 Å². The minimum absolute atomic E-state index is 1.07. The summed E-state index contributed by atoms with van der Waals surface area (Å²) in [5, 5.41) is 0. The summed E-state index contributed by atoms with van der Waals surface area (Å²) >= 11 is 1.99. The molecule has 0 aromatic heterocycles. The molecule has 0 aliphatic rings. The lowest BCUT2D eigenvalue weighted by Crippen LogP contribution is -2.13. The molecule has 3 heteroatoms. The first-order valence-electron chi connectivity index (χ1n) is 6.83. The van der Waals surface area contributed by atoms with Crippen molar-refractivity contribution in [3.8, 4) is 0 Å².